The number of hydrogen-bond donors (Lipinski definition) is 1. The Balaban J connectivity index is 1.87. The highest BCUT2D eigenvalue weighted by atomic mass is 16.5. The van der Waals surface area contributed by atoms with Gasteiger partial charge < -0.3 is 4.74 Å². The van der Waals surface area contributed by atoms with Crippen LogP contribution < -0.4 is 10.2 Å². The Labute approximate surface area is 153 Å². The summed E-state index contributed by atoms with van der Waals surface area (Å²) in [7, 11) is 1.65. The van der Waals surface area contributed by atoms with Crippen molar-refractivity contribution in [3.63, 3.8) is 0 Å². The number of ether oxygens (including phenoxy) is 1. The van der Waals surface area contributed by atoms with Crippen LogP contribution in [0.4, 0.5) is 5.69 Å². The van der Waals surface area contributed by atoms with Crippen LogP contribution in [0.2, 0.25) is 0 Å². The maximum Gasteiger partial charge on any atom is 0.172 e. The van der Waals surface area contributed by atoms with Crippen molar-refractivity contribution in [3.8, 4) is 5.75 Å². The van der Waals surface area contributed by atoms with Crippen LogP contribution in [0.5, 0.6) is 5.75 Å². The van der Waals surface area contributed by atoms with E-state index in [2.05, 4.69) is 20.5 Å². The maximum atomic E-state index is 5.19. The van der Waals surface area contributed by atoms with Crippen molar-refractivity contribution in [1.29, 1.82) is 0 Å². The van der Waals surface area contributed by atoms with Crippen LogP contribution in [0.3, 0.4) is 0 Å². The van der Waals surface area contributed by atoms with Gasteiger partial charge in [0, 0.05) is 6.20 Å². The monoisotopic (exact) mass is 344 g/mol. The average molecular weight is 344 g/mol. The largest absolute Gasteiger partial charge is 0.497 e. The molecule has 0 bridgehead atoms. The maximum absolute atomic E-state index is 5.19. The molecule has 0 radical (unpaired) electrons. The molecule has 0 aliphatic carbocycles. The summed E-state index contributed by atoms with van der Waals surface area (Å²) in [6, 6.07) is 23.2. The minimum Gasteiger partial charge on any atom is -0.497 e. The Hall–Kier alpha value is -3.47. The number of hydrogen-bond acceptors (Lipinski definition) is 4. The van der Waals surface area contributed by atoms with Crippen molar-refractivity contribution in [2.45, 2.75) is 6.92 Å². The molecule has 26 heavy (non-hydrogen) atoms. The van der Waals surface area contributed by atoms with Crippen LogP contribution in [0.1, 0.15) is 18.2 Å². The Morgan fingerprint density at radius 3 is 2.31 bits per heavy atom. The van der Waals surface area contributed by atoms with Gasteiger partial charge in [0.1, 0.15) is 11.4 Å². The lowest BCUT2D eigenvalue weighted by molar-refractivity contribution is 0.415. The van der Waals surface area contributed by atoms with Gasteiger partial charge in [0.2, 0.25) is 0 Å². The first-order valence-corrected chi connectivity index (χ1v) is 8.26. The van der Waals surface area contributed by atoms with Gasteiger partial charge in [-0.1, -0.05) is 24.3 Å². The predicted molar refractivity (Wildman–Crippen MR) is 105 cm³/mol. The number of aromatic nitrogens is 1. The fourth-order valence-electron chi connectivity index (χ4n) is 2.31. The van der Waals surface area contributed by atoms with E-state index >= 15 is 0 Å². The average Bonchev–Trinajstić information content (AvgIpc) is 2.72. The third-order valence-electron chi connectivity index (χ3n) is 3.74. The molecule has 0 atom stereocenters. The first-order valence-electron chi connectivity index (χ1n) is 8.26. The second kappa shape index (κ2) is 8.58. The molecular formula is C21H20N4O. The number of pyridine rings is 1. The molecule has 3 rings (SSSR count). The van der Waals surface area contributed by atoms with Gasteiger partial charge in [-0.25, -0.2) is 4.99 Å². The molecule has 0 saturated heterocycles. The second-order valence-corrected chi connectivity index (χ2v) is 5.55. The molecule has 2 aromatic carbocycles. The van der Waals surface area contributed by atoms with Crippen molar-refractivity contribution < 1.29 is 4.74 Å². The second-order valence-electron chi connectivity index (χ2n) is 5.55. The molecule has 0 aliphatic heterocycles. The highest BCUT2D eigenvalue weighted by Crippen LogP contribution is 2.13. The van der Waals surface area contributed by atoms with E-state index in [1.54, 1.807) is 13.3 Å². The molecule has 0 spiro atoms. The van der Waals surface area contributed by atoms with Crippen molar-refractivity contribution in [2.75, 3.05) is 7.11 Å². The number of methoxy groups -OCH3 is 1. The number of nitrogens with zero attached hydrogens (tertiary/aromatic N) is 3. The van der Waals surface area contributed by atoms with Gasteiger partial charge in [0.05, 0.1) is 18.5 Å². The molecule has 1 heterocycles. The van der Waals surface area contributed by atoms with Gasteiger partial charge in [0.25, 0.3) is 0 Å². The van der Waals surface area contributed by atoms with Crippen molar-refractivity contribution in [3.05, 3.63) is 90.3 Å². The zero-order valence-electron chi connectivity index (χ0n) is 14.8. The standard InChI is InChI=1S/C21H20N4O/c1-16(17-11-13-19(26-2)14-12-17)24-25-21(20-10-6-7-15-22-20)23-18-8-4-3-5-9-18/h3-15H,1-2H3,(H,23,25)/b24-16+. The summed E-state index contributed by atoms with van der Waals surface area (Å²) in [6.07, 6.45) is 1.73. The van der Waals surface area contributed by atoms with Gasteiger partial charge in [-0.2, -0.15) is 5.10 Å². The van der Waals surface area contributed by atoms with E-state index in [-0.39, 0.29) is 0 Å². The summed E-state index contributed by atoms with van der Waals surface area (Å²) in [5.74, 6) is 1.40. The molecular weight excluding hydrogens is 324 g/mol. The molecule has 1 aromatic heterocycles. The van der Waals surface area contributed by atoms with Gasteiger partial charge >= 0.3 is 0 Å². The van der Waals surface area contributed by atoms with E-state index in [1.807, 2.05) is 79.7 Å². The molecule has 0 amide bonds. The zero-order valence-corrected chi connectivity index (χ0v) is 14.8. The molecule has 5 heteroatoms. The minimum atomic E-state index is 0.588. The van der Waals surface area contributed by atoms with Crippen LogP contribution in [0.25, 0.3) is 0 Å². The Morgan fingerprint density at radius 2 is 1.65 bits per heavy atom. The van der Waals surface area contributed by atoms with Crippen LogP contribution >= 0.6 is 0 Å². The first kappa shape index (κ1) is 17.4. The summed E-state index contributed by atoms with van der Waals surface area (Å²) < 4.78 is 5.19. The molecule has 0 fully saturated rings. The molecule has 1 N–H and O–H groups in total. The van der Waals surface area contributed by atoms with E-state index in [1.165, 1.54) is 0 Å². The highest BCUT2D eigenvalue weighted by molar-refractivity contribution is 6.02. The van der Waals surface area contributed by atoms with Crippen molar-refractivity contribution in [1.82, 2.24) is 10.4 Å². The number of rotatable bonds is 5. The first-order chi connectivity index (χ1) is 12.8. The Bertz CT molecular complexity index is 888. The van der Waals surface area contributed by atoms with Gasteiger partial charge in [0.15, 0.2) is 5.84 Å². The lowest BCUT2D eigenvalue weighted by Gasteiger charge is -2.08. The summed E-state index contributed by atoms with van der Waals surface area (Å²) in [4.78, 5) is 9.01. The molecule has 5 nitrogen and oxygen atoms in total. The molecule has 3 aromatic rings. The third kappa shape index (κ3) is 4.54. The lowest BCUT2D eigenvalue weighted by atomic mass is 10.1. The smallest absolute Gasteiger partial charge is 0.172 e. The normalized spacial score (nSPS) is 11.9. The highest BCUT2D eigenvalue weighted by Gasteiger charge is 2.05. The molecule has 0 unspecified atom stereocenters. The zero-order chi connectivity index (χ0) is 18.2. The quantitative estimate of drug-likeness (QED) is 0.429. The predicted octanol–water partition coefficient (Wildman–Crippen LogP) is 4.18. The Kier molecular flexibility index (Phi) is 5.72. The number of amidine groups is 1. The fourth-order valence-corrected chi connectivity index (χ4v) is 2.31. The van der Waals surface area contributed by atoms with Gasteiger partial charge in [-0.3, -0.25) is 10.4 Å². The number of aliphatic imine (C=N–C) groups is 1. The number of para-hydroxylation sites is 1. The fraction of sp³-hybridized carbons (Fsp3) is 0.0952. The van der Waals surface area contributed by atoms with Crippen molar-refractivity contribution in [2.24, 2.45) is 10.1 Å². The lowest BCUT2D eigenvalue weighted by Crippen LogP contribution is -2.21. The number of hydrazone groups is 1. The molecule has 0 saturated carbocycles. The van der Waals surface area contributed by atoms with Crippen LogP contribution in [-0.4, -0.2) is 23.6 Å². The van der Waals surface area contributed by atoms with Crippen LogP contribution in [0.15, 0.2) is 89.1 Å². The minimum absolute atomic E-state index is 0.588. The SMILES string of the molecule is COc1ccc(/C(C)=N/NC(=Nc2ccccc2)c2ccccn2)cc1. The summed E-state index contributed by atoms with van der Waals surface area (Å²) in [5, 5.41) is 4.48. The van der Waals surface area contributed by atoms with Gasteiger partial charge in [-0.15, -0.1) is 0 Å². The van der Waals surface area contributed by atoms with E-state index < -0.39 is 0 Å². The summed E-state index contributed by atoms with van der Waals surface area (Å²) >= 11 is 0. The third-order valence-corrected chi connectivity index (χ3v) is 3.74. The summed E-state index contributed by atoms with van der Waals surface area (Å²) in [6.45, 7) is 1.94. The van der Waals surface area contributed by atoms with E-state index in [4.69, 9.17) is 4.74 Å². The van der Waals surface area contributed by atoms with Crippen LogP contribution in [0, 0.1) is 0 Å². The van der Waals surface area contributed by atoms with Crippen molar-refractivity contribution >= 4 is 17.2 Å². The molecule has 130 valence electrons. The number of nitrogens with one attached hydrogen (secondary N) is 1. The van der Waals surface area contributed by atoms with E-state index in [9.17, 15) is 0 Å². The van der Waals surface area contributed by atoms with Crippen LogP contribution in [-0.2, 0) is 0 Å². The molecule has 0 aliphatic rings. The Morgan fingerprint density at radius 1 is 0.923 bits per heavy atom. The van der Waals surface area contributed by atoms with Gasteiger partial charge in [-0.05, 0) is 61.0 Å². The van der Waals surface area contributed by atoms with E-state index in [0.29, 0.717) is 5.84 Å². The summed E-state index contributed by atoms with van der Waals surface area (Å²) in [5.41, 5.74) is 6.45. The van der Waals surface area contributed by atoms with E-state index in [0.717, 1.165) is 28.4 Å². The number of benzene rings is 2. The topological polar surface area (TPSA) is 58.9 Å².